The van der Waals surface area contributed by atoms with Crippen molar-refractivity contribution in [3.63, 3.8) is 0 Å². The summed E-state index contributed by atoms with van der Waals surface area (Å²) in [6.07, 6.45) is 1.56. The van der Waals surface area contributed by atoms with E-state index in [1.807, 2.05) is 0 Å². The number of methoxy groups -OCH3 is 3. The normalized spacial score (nSPS) is 14.0. The van der Waals surface area contributed by atoms with E-state index in [0.29, 0.717) is 58.9 Å². The number of aryl methyl sites for hydroxylation is 1. The summed E-state index contributed by atoms with van der Waals surface area (Å²) in [6, 6.07) is 21.3. The van der Waals surface area contributed by atoms with Crippen LogP contribution in [0, 0.1) is 5.41 Å². The molecule has 6 amide bonds. The number of hydrogen-bond acceptors (Lipinski definition) is 16. The van der Waals surface area contributed by atoms with E-state index in [4.69, 9.17) is 28.4 Å². The summed E-state index contributed by atoms with van der Waals surface area (Å²) in [7, 11) is 8.90. The highest BCUT2D eigenvalue weighted by atomic mass is 16.5. The zero-order valence-electron chi connectivity index (χ0n) is 49.3. The molecule has 4 atom stereocenters. The predicted molar refractivity (Wildman–Crippen MR) is 309 cm³/mol. The molecule has 22 nitrogen and oxygen atoms in total. The lowest BCUT2D eigenvalue weighted by atomic mass is 9.87. The van der Waals surface area contributed by atoms with Crippen LogP contribution in [0.3, 0.4) is 0 Å². The lowest BCUT2D eigenvalue weighted by Gasteiger charge is -2.36. The third-order valence-corrected chi connectivity index (χ3v) is 14.4. The summed E-state index contributed by atoms with van der Waals surface area (Å²) in [4.78, 5) is 127. The SMILES string of the molecule is C=CC(=O)OCC(C)(C)C(=O)C(=O)N1CCCC[C@H]1C(=O)O[C@H](CCc1cc(OC)c(OC)cc1OC)c1cccc(OCC(=O)N(C)[C@@H](Cc2ccc(O)cc2)C(=O)N[C@H](Cc2ccccc2)C(=O)N(C)CC(=O)NCC(=O)N(C)CC)c1. The maximum Gasteiger partial charge on any atom is 0.330 e. The maximum absolute atomic E-state index is 14.6. The van der Waals surface area contributed by atoms with Gasteiger partial charge < -0.3 is 63.8 Å². The quantitative estimate of drug-likeness (QED) is 0.0367. The Morgan fingerprint density at radius 3 is 2.12 bits per heavy atom. The second kappa shape index (κ2) is 31.5. The maximum atomic E-state index is 14.6. The number of phenols is 1. The zero-order valence-corrected chi connectivity index (χ0v) is 49.3. The fourth-order valence-electron chi connectivity index (χ4n) is 9.21. The van der Waals surface area contributed by atoms with Crippen LogP contribution in [-0.4, -0.2) is 178 Å². The number of ether oxygens (including phenoxy) is 6. The van der Waals surface area contributed by atoms with Crippen LogP contribution in [0.4, 0.5) is 0 Å². The highest BCUT2D eigenvalue weighted by Gasteiger charge is 2.43. The highest BCUT2D eigenvalue weighted by Crippen LogP contribution is 2.37. The average molecular weight is 1160 g/mol. The molecule has 1 saturated heterocycles. The Morgan fingerprint density at radius 2 is 1.46 bits per heavy atom. The molecule has 1 fully saturated rings. The fraction of sp³-hybridized carbons (Fsp3) is 0.435. The number of benzene rings is 4. The first kappa shape index (κ1) is 65.9. The number of nitrogens with one attached hydrogen (secondary N) is 2. The van der Waals surface area contributed by atoms with Crippen LogP contribution < -0.4 is 29.6 Å². The molecule has 1 aliphatic heterocycles. The molecule has 0 bridgehead atoms. The molecule has 1 heterocycles. The third-order valence-electron chi connectivity index (χ3n) is 14.4. The number of rotatable bonds is 30. The Labute approximate surface area is 490 Å². The van der Waals surface area contributed by atoms with Crippen molar-refractivity contribution in [1.29, 1.82) is 0 Å². The first-order chi connectivity index (χ1) is 40.0. The van der Waals surface area contributed by atoms with E-state index in [9.17, 15) is 48.3 Å². The van der Waals surface area contributed by atoms with Crippen LogP contribution in [0.1, 0.15) is 74.8 Å². The molecular formula is C62H78N6O16. The summed E-state index contributed by atoms with van der Waals surface area (Å²) in [5.74, 6) is -4.73. The van der Waals surface area contributed by atoms with Gasteiger partial charge in [0.05, 0.1) is 39.8 Å². The first-order valence-corrected chi connectivity index (χ1v) is 27.5. The number of carbonyl (C=O) groups excluding carboxylic acids is 9. The van der Waals surface area contributed by atoms with Crippen molar-refractivity contribution in [2.75, 3.05) is 81.9 Å². The lowest BCUT2D eigenvalue weighted by Crippen LogP contribution is -2.56. The number of carbonyl (C=O) groups is 9. The van der Waals surface area contributed by atoms with E-state index in [1.165, 1.54) is 76.1 Å². The van der Waals surface area contributed by atoms with Crippen LogP contribution in [0.25, 0.3) is 0 Å². The second-order valence-electron chi connectivity index (χ2n) is 20.9. The molecule has 0 aromatic heterocycles. The van der Waals surface area contributed by atoms with E-state index in [-0.39, 0.29) is 62.6 Å². The van der Waals surface area contributed by atoms with E-state index in [0.717, 1.165) is 11.0 Å². The summed E-state index contributed by atoms with van der Waals surface area (Å²) in [5.41, 5.74) is 0.950. The minimum absolute atomic E-state index is 0.0178. The van der Waals surface area contributed by atoms with Crippen molar-refractivity contribution < 1.29 is 76.7 Å². The number of nitrogens with zero attached hydrogens (tertiary/aromatic N) is 4. The van der Waals surface area contributed by atoms with Gasteiger partial charge in [0.15, 0.2) is 18.1 Å². The van der Waals surface area contributed by atoms with Gasteiger partial charge in [-0.1, -0.05) is 61.2 Å². The summed E-state index contributed by atoms with van der Waals surface area (Å²) < 4.78 is 34.3. The molecule has 4 aromatic rings. The van der Waals surface area contributed by atoms with Crippen molar-refractivity contribution in [2.45, 2.75) is 89.9 Å². The molecule has 452 valence electrons. The Morgan fingerprint density at radius 1 is 0.798 bits per heavy atom. The summed E-state index contributed by atoms with van der Waals surface area (Å²) in [5, 5.41) is 15.5. The van der Waals surface area contributed by atoms with E-state index >= 15 is 0 Å². The number of phenolic OH excluding ortho intramolecular Hbond substituents is 1. The molecule has 22 heteroatoms. The van der Waals surface area contributed by atoms with Gasteiger partial charge in [-0.2, -0.15) is 0 Å². The molecule has 84 heavy (non-hydrogen) atoms. The number of hydrogen-bond donors (Lipinski definition) is 3. The minimum atomic E-state index is -1.43. The van der Waals surface area contributed by atoms with Crippen molar-refractivity contribution in [2.24, 2.45) is 5.41 Å². The van der Waals surface area contributed by atoms with Crippen LogP contribution in [0.5, 0.6) is 28.7 Å². The number of likely N-dealkylation sites (N-methyl/N-ethyl adjacent to an activating group) is 3. The number of piperidine rings is 1. The third kappa shape index (κ3) is 18.5. The zero-order chi connectivity index (χ0) is 61.7. The fourth-order valence-corrected chi connectivity index (χ4v) is 9.21. The van der Waals surface area contributed by atoms with Gasteiger partial charge in [-0.3, -0.25) is 33.6 Å². The largest absolute Gasteiger partial charge is 0.508 e. The van der Waals surface area contributed by atoms with Gasteiger partial charge in [-0.05, 0) is 105 Å². The summed E-state index contributed by atoms with van der Waals surface area (Å²) >= 11 is 0. The van der Waals surface area contributed by atoms with Gasteiger partial charge >= 0.3 is 11.9 Å². The van der Waals surface area contributed by atoms with Crippen LogP contribution in [0.2, 0.25) is 0 Å². The lowest BCUT2D eigenvalue weighted by molar-refractivity contribution is -0.165. The molecule has 4 aromatic carbocycles. The van der Waals surface area contributed by atoms with Gasteiger partial charge in [0.25, 0.3) is 11.8 Å². The van der Waals surface area contributed by atoms with Gasteiger partial charge in [-0.25, -0.2) is 9.59 Å². The Bertz CT molecular complexity index is 2970. The minimum Gasteiger partial charge on any atom is -0.508 e. The Kier molecular flexibility index (Phi) is 24.7. The smallest absolute Gasteiger partial charge is 0.330 e. The Balaban J connectivity index is 1.41. The first-order valence-electron chi connectivity index (χ1n) is 27.5. The van der Waals surface area contributed by atoms with Gasteiger partial charge in [-0.15, -0.1) is 0 Å². The number of ketones is 1. The predicted octanol–water partition coefficient (Wildman–Crippen LogP) is 4.57. The topological polar surface area (TPSA) is 266 Å². The number of esters is 2. The van der Waals surface area contributed by atoms with E-state index in [2.05, 4.69) is 17.2 Å². The molecule has 0 aliphatic carbocycles. The monoisotopic (exact) mass is 1160 g/mol. The number of likely N-dealkylation sites (tertiary alicyclic amines) is 1. The average Bonchev–Trinajstić information content (AvgIpc) is 3.26. The molecule has 0 radical (unpaired) electrons. The molecule has 1 aliphatic rings. The molecule has 0 spiro atoms. The van der Waals surface area contributed by atoms with E-state index in [1.54, 1.807) is 92.8 Å². The molecule has 3 N–H and O–H groups in total. The molecule has 0 saturated carbocycles. The van der Waals surface area contributed by atoms with Crippen molar-refractivity contribution in [1.82, 2.24) is 30.2 Å². The molecular weight excluding hydrogens is 1080 g/mol. The number of aromatic hydroxyl groups is 1. The number of amides is 6. The molecule has 5 rings (SSSR count). The summed E-state index contributed by atoms with van der Waals surface area (Å²) in [6.45, 7) is 6.94. The Hall–Kier alpha value is -8.95. The molecule has 0 unspecified atom stereocenters. The van der Waals surface area contributed by atoms with Gasteiger partial charge in [0, 0.05) is 59.2 Å². The van der Waals surface area contributed by atoms with Crippen molar-refractivity contribution in [3.05, 3.63) is 126 Å². The second-order valence-corrected chi connectivity index (χ2v) is 20.9. The van der Waals surface area contributed by atoms with Crippen molar-refractivity contribution in [3.8, 4) is 28.7 Å². The van der Waals surface area contributed by atoms with Crippen LogP contribution in [0.15, 0.2) is 104 Å². The van der Waals surface area contributed by atoms with Gasteiger partial charge in [0.1, 0.15) is 48.1 Å². The number of Topliss-reactive ketones (excluding diaryl/α,β-unsaturated/α-hetero) is 1. The van der Waals surface area contributed by atoms with Gasteiger partial charge in [0.2, 0.25) is 29.4 Å². The highest BCUT2D eigenvalue weighted by molar-refractivity contribution is 6.38. The van der Waals surface area contributed by atoms with Crippen molar-refractivity contribution >= 4 is 53.2 Å². The van der Waals surface area contributed by atoms with Crippen LogP contribution in [-0.2, 0) is 71.9 Å². The standard InChI is InChI=1S/C62H78N6O16/c1-11-56(73)83-39-62(3,4)57(74)60(77)68-30-17-16-23-47(68)61(78)84-49(29-26-43-34-51(80-9)52(81-10)35-50(43)79-8)42-21-18-22-45(33-42)82-38-55(72)67(7)48(32-41-24-27-44(69)28-25-41)58(75)64-46(31-40-19-14-13-15-20-40)59(76)66(6)37-53(70)63-36-54(71)65(5)12-2/h11,13-15,18-22,24-25,27-28,33-35,46-49,69H,1,12,16-17,23,26,29-32,36-39H2,2-10H3,(H,63,70)(H,64,75)/t46-,47+,48+,49-/m1/s1. The van der Waals surface area contributed by atoms with Crippen LogP contribution >= 0.6 is 0 Å². The van der Waals surface area contributed by atoms with E-state index < -0.39 is 96.7 Å².